The number of rotatable bonds is 6. The van der Waals surface area contributed by atoms with Gasteiger partial charge < -0.3 is 0 Å². The largest absolute Gasteiger partial charge is 0.300 e. The van der Waals surface area contributed by atoms with Gasteiger partial charge in [-0.3, -0.25) is 9.59 Å². The Kier molecular flexibility index (Phi) is 5.87. The van der Waals surface area contributed by atoms with E-state index in [1.54, 1.807) is 0 Å². The second-order valence-electron chi connectivity index (χ2n) is 5.81. The zero-order valence-corrected chi connectivity index (χ0v) is 11.5. The number of ketones is 2. The molecule has 0 N–H and O–H groups in total. The summed E-state index contributed by atoms with van der Waals surface area (Å²) in [5, 5.41) is 0. The molecule has 0 bridgehead atoms. The molecule has 0 aromatic carbocycles. The first-order valence-electron chi connectivity index (χ1n) is 7.07. The molecule has 1 aliphatic rings. The van der Waals surface area contributed by atoms with E-state index >= 15 is 0 Å². The lowest BCUT2D eigenvalue weighted by Gasteiger charge is -2.28. The van der Waals surface area contributed by atoms with Crippen molar-refractivity contribution in [2.75, 3.05) is 0 Å². The van der Waals surface area contributed by atoms with Crippen LogP contribution in [0, 0.1) is 17.8 Å². The SMILES string of the molecule is CCC(=O)CC1CCC(CC(=O)C(C)C)CC1. The summed E-state index contributed by atoms with van der Waals surface area (Å²) in [4.78, 5) is 23.0. The van der Waals surface area contributed by atoms with Gasteiger partial charge in [0.05, 0.1) is 0 Å². The van der Waals surface area contributed by atoms with Crippen molar-refractivity contribution in [3.63, 3.8) is 0 Å². The van der Waals surface area contributed by atoms with Gasteiger partial charge in [-0.25, -0.2) is 0 Å². The summed E-state index contributed by atoms with van der Waals surface area (Å²) in [6.07, 6.45) is 6.75. The summed E-state index contributed by atoms with van der Waals surface area (Å²) in [7, 11) is 0. The molecule has 0 aromatic rings. The lowest BCUT2D eigenvalue weighted by Crippen LogP contribution is -2.20. The Bertz CT molecular complexity index is 260. The summed E-state index contributed by atoms with van der Waals surface area (Å²) in [5.74, 6) is 2.14. The molecule has 0 unspecified atom stereocenters. The molecule has 0 heterocycles. The zero-order chi connectivity index (χ0) is 12.8. The molecule has 98 valence electrons. The van der Waals surface area contributed by atoms with Gasteiger partial charge in [0.2, 0.25) is 0 Å². The van der Waals surface area contributed by atoms with E-state index in [1.807, 2.05) is 20.8 Å². The van der Waals surface area contributed by atoms with Crippen LogP contribution < -0.4 is 0 Å². The fourth-order valence-corrected chi connectivity index (χ4v) is 2.63. The van der Waals surface area contributed by atoms with Gasteiger partial charge in [0.1, 0.15) is 11.6 Å². The van der Waals surface area contributed by atoms with Crippen LogP contribution in [0.15, 0.2) is 0 Å². The molecule has 1 aliphatic carbocycles. The molecular formula is C15H26O2. The maximum absolute atomic E-state index is 11.7. The van der Waals surface area contributed by atoms with Crippen molar-refractivity contribution in [2.24, 2.45) is 17.8 Å². The minimum absolute atomic E-state index is 0.175. The molecule has 1 rings (SSSR count). The first-order chi connectivity index (χ1) is 8.02. The predicted molar refractivity (Wildman–Crippen MR) is 69.8 cm³/mol. The number of carbonyl (C=O) groups excluding carboxylic acids is 2. The minimum Gasteiger partial charge on any atom is -0.300 e. The lowest BCUT2D eigenvalue weighted by molar-refractivity contribution is -0.123. The molecule has 17 heavy (non-hydrogen) atoms. The Morgan fingerprint density at radius 2 is 1.47 bits per heavy atom. The topological polar surface area (TPSA) is 34.1 Å². The summed E-state index contributed by atoms with van der Waals surface area (Å²) in [6, 6.07) is 0. The van der Waals surface area contributed by atoms with Crippen molar-refractivity contribution in [1.82, 2.24) is 0 Å². The van der Waals surface area contributed by atoms with Crippen LogP contribution in [-0.2, 0) is 9.59 Å². The van der Waals surface area contributed by atoms with Gasteiger partial charge >= 0.3 is 0 Å². The summed E-state index contributed by atoms with van der Waals surface area (Å²) >= 11 is 0. The van der Waals surface area contributed by atoms with Gasteiger partial charge in [0.15, 0.2) is 0 Å². The Morgan fingerprint density at radius 3 is 1.88 bits per heavy atom. The van der Waals surface area contributed by atoms with E-state index in [0.717, 1.165) is 38.5 Å². The predicted octanol–water partition coefficient (Wildman–Crippen LogP) is 3.78. The quantitative estimate of drug-likeness (QED) is 0.705. The van der Waals surface area contributed by atoms with Crippen molar-refractivity contribution < 1.29 is 9.59 Å². The van der Waals surface area contributed by atoms with Crippen LogP contribution in [0.4, 0.5) is 0 Å². The third kappa shape index (κ3) is 5.01. The maximum Gasteiger partial charge on any atom is 0.135 e. The van der Waals surface area contributed by atoms with E-state index in [0.29, 0.717) is 29.8 Å². The third-order valence-corrected chi connectivity index (χ3v) is 4.01. The van der Waals surface area contributed by atoms with Crippen LogP contribution in [0.5, 0.6) is 0 Å². The second kappa shape index (κ2) is 6.93. The summed E-state index contributed by atoms with van der Waals surface area (Å²) in [5.41, 5.74) is 0. The van der Waals surface area contributed by atoms with E-state index in [4.69, 9.17) is 0 Å². The standard InChI is InChI=1S/C15H26O2/c1-4-14(16)9-12-5-7-13(8-6-12)10-15(17)11(2)3/h11-13H,4-10H2,1-3H3. The molecule has 0 spiro atoms. The first-order valence-corrected chi connectivity index (χ1v) is 7.07. The number of hydrogen-bond acceptors (Lipinski definition) is 2. The van der Waals surface area contributed by atoms with Crippen LogP contribution in [0.1, 0.15) is 65.7 Å². The van der Waals surface area contributed by atoms with Crippen LogP contribution >= 0.6 is 0 Å². The first kappa shape index (κ1) is 14.4. The van der Waals surface area contributed by atoms with Gasteiger partial charge in [0, 0.05) is 25.2 Å². The molecule has 0 aromatic heterocycles. The zero-order valence-electron chi connectivity index (χ0n) is 11.5. The molecule has 0 saturated heterocycles. The van der Waals surface area contributed by atoms with Crippen molar-refractivity contribution in [2.45, 2.75) is 65.7 Å². The average molecular weight is 238 g/mol. The van der Waals surface area contributed by atoms with Crippen LogP contribution in [0.25, 0.3) is 0 Å². The smallest absolute Gasteiger partial charge is 0.135 e. The van der Waals surface area contributed by atoms with E-state index < -0.39 is 0 Å². The number of Topliss-reactive ketones (excluding diaryl/α,β-unsaturated/α-hetero) is 2. The Hall–Kier alpha value is -0.660. The maximum atomic E-state index is 11.7. The molecule has 1 fully saturated rings. The van der Waals surface area contributed by atoms with Gasteiger partial charge in [-0.05, 0) is 37.5 Å². The molecule has 0 atom stereocenters. The van der Waals surface area contributed by atoms with Crippen LogP contribution in [0.3, 0.4) is 0 Å². The molecule has 0 aliphatic heterocycles. The van der Waals surface area contributed by atoms with Gasteiger partial charge in [-0.2, -0.15) is 0 Å². The van der Waals surface area contributed by atoms with E-state index in [9.17, 15) is 9.59 Å². The molecule has 2 heteroatoms. The Balaban J connectivity index is 2.26. The Labute approximate surface area is 105 Å². The highest BCUT2D eigenvalue weighted by Gasteiger charge is 2.24. The van der Waals surface area contributed by atoms with E-state index in [1.165, 1.54) is 0 Å². The van der Waals surface area contributed by atoms with Crippen molar-refractivity contribution in [1.29, 1.82) is 0 Å². The monoisotopic (exact) mass is 238 g/mol. The van der Waals surface area contributed by atoms with E-state index in [-0.39, 0.29) is 5.92 Å². The van der Waals surface area contributed by atoms with Crippen LogP contribution in [-0.4, -0.2) is 11.6 Å². The minimum atomic E-state index is 0.175. The van der Waals surface area contributed by atoms with Crippen molar-refractivity contribution >= 4 is 11.6 Å². The normalized spacial score (nSPS) is 24.9. The molecular weight excluding hydrogens is 212 g/mol. The fourth-order valence-electron chi connectivity index (χ4n) is 2.63. The van der Waals surface area contributed by atoms with E-state index in [2.05, 4.69) is 0 Å². The van der Waals surface area contributed by atoms with Gasteiger partial charge in [-0.15, -0.1) is 0 Å². The van der Waals surface area contributed by atoms with Gasteiger partial charge in [0.25, 0.3) is 0 Å². The summed E-state index contributed by atoms with van der Waals surface area (Å²) < 4.78 is 0. The lowest BCUT2D eigenvalue weighted by atomic mass is 9.77. The Morgan fingerprint density at radius 1 is 1.00 bits per heavy atom. The second-order valence-corrected chi connectivity index (χ2v) is 5.81. The highest BCUT2D eigenvalue weighted by molar-refractivity contribution is 5.80. The van der Waals surface area contributed by atoms with Crippen molar-refractivity contribution in [3.8, 4) is 0 Å². The molecule has 0 radical (unpaired) electrons. The molecule has 0 amide bonds. The fraction of sp³-hybridized carbons (Fsp3) is 0.867. The highest BCUT2D eigenvalue weighted by Crippen LogP contribution is 2.33. The van der Waals surface area contributed by atoms with Gasteiger partial charge in [-0.1, -0.05) is 20.8 Å². The average Bonchev–Trinajstić information content (AvgIpc) is 2.31. The third-order valence-electron chi connectivity index (χ3n) is 4.01. The highest BCUT2D eigenvalue weighted by atomic mass is 16.1. The van der Waals surface area contributed by atoms with Crippen molar-refractivity contribution in [3.05, 3.63) is 0 Å². The molecule has 1 saturated carbocycles. The molecule has 2 nitrogen and oxygen atoms in total. The number of carbonyl (C=O) groups is 2. The summed E-state index contributed by atoms with van der Waals surface area (Å²) in [6.45, 7) is 5.90. The number of hydrogen-bond donors (Lipinski definition) is 0. The van der Waals surface area contributed by atoms with Crippen LogP contribution in [0.2, 0.25) is 0 Å².